The van der Waals surface area contributed by atoms with Gasteiger partial charge in [0, 0.05) is 6.42 Å². The van der Waals surface area contributed by atoms with Crippen molar-refractivity contribution >= 4 is 13.7 Å². The van der Waals surface area contributed by atoms with Crippen LogP contribution < -0.4 is 5.32 Å². The minimum Gasteiger partial charge on any atom is -0.387 e. The number of quaternary nitrogens is 1. The number of allylic oxidation sites excluding steroid dienone is 5. The van der Waals surface area contributed by atoms with Gasteiger partial charge in [-0.25, -0.2) is 4.57 Å². The Labute approximate surface area is 327 Å². The molecule has 0 aliphatic rings. The van der Waals surface area contributed by atoms with E-state index in [-0.39, 0.29) is 19.1 Å². The third kappa shape index (κ3) is 38.8. The maximum atomic E-state index is 12.8. The van der Waals surface area contributed by atoms with Gasteiger partial charge in [0.15, 0.2) is 0 Å². The normalized spacial score (nSPS) is 14.8. The number of likely N-dealkylation sites (N-methyl/N-ethyl adjacent to an activating group) is 1. The lowest BCUT2D eigenvalue weighted by atomic mass is 10.0. The highest BCUT2D eigenvalue weighted by molar-refractivity contribution is 7.47. The third-order valence-corrected chi connectivity index (χ3v) is 10.6. The zero-order valence-electron chi connectivity index (χ0n) is 35.3. The van der Waals surface area contributed by atoms with Crippen LogP contribution in [0.5, 0.6) is 0 Å². The molecule has 0 saturated heterocycles. The van der Waals surface area contributed by atoms with Crippen molar-refractivity contribution in [3.8, 4) is 0 Å². The van der Waals surface area contributed by atoms with E-state index in [9.17, 15) is 19.4 Å². The summed E-state index contributed by atoms with van der Waals surface area (Å²) in [5.74, 6) is -0.192. The summed E-state index contributed by atoms with van der Waals surface area (Å²) in [6.45, 7) is 4.77. The van der Waals surface area contributed by atoms with E-state index < -0.39 is 20.0 Å². The Morgan fingerprint density at radius 2 is 1.08 bits per heavy atom. The van der Waals surface area contributed by atoms with E-state index in [0.717, 1.165) is 64.2 Å². The van der Waals surface area contributed by atoms with Crippen LogP contribution in [0.2, 0.25) is 0 Å². The standard InChI is InChI=1S/C44H85N2O6P/c1-6-8-10-12-14-16-18-20-22-24-25-27-29-31-33-35-37-43(47)42(41-52-53(49,50)51-40-39-46(3,4)5)45-44(48)38-36-34-32-30-28-26-23-21-19-17-15-13-11-9-7-2/h15,17,21,23,35,37,42-43,47H,6-14,16,18-20,22,24-34,36,38-41H2,1-5H3,(H-,45,48,49,50)/p+1/b17-15+,23-21+,37-35+/t42-,43+/m0/s1. The van der Waals surface area contributed by atoms with Crippen LogP contribution in [0.1, 0.15) is 187 Å². The van der Waals surface area contributed by atoms with Crippen molar-refractivity contribution < 1.29 is 32.9 Å². The molecule has 312 valence electrons. The summed E-state index contributed by atoms with van der Waals surface area (Å²) in [4.78, 5) is 23.1. The Morgan fingerprint density at radius 1 is 0.642 bits per heavy atom. The van der Waals surface area contributed by atoms with Crippen LogP contribution in [0.4, 0.5) is 0 Å². The number of aliphatic hydroxyl groups excluding tert-OH is 1. The molecule has 0 heterocycles. The molecular weight excluding hydrogens is 683 g/mol. The van der Waals surface area contributed by atoms with Gasteiger partial charge in [0.25, 0.3) is 0 Å². The fourth-order valence-electron chi connectivity index (χ4n) is 6.07. The van der Waals surface area contributed by atoms with E-state index in [2.05, 4.69) is 43.5 Å². The van der Waals surface area contributed by atoms with Crippen LogP contribution in [0, 0.1) is 0 Å². The first-order valence-corrected chi connectivity index (χ1v) is 23.4. The van der Waals surface area contributed by atoms with Crippen LogP contribution in [0.25, 0.3) is 0 Å². The van der Waals surface area contributed by atoms with Crippen molar-refractivity contribution in [2.45, 2.75) is 199 Å². The predicted octanol–water partition coefficient (Wildman–Crippen LogP) is 11.9. The van der Waals surface area contributed by atoms with Crippen molar-refractivity contribution in [2.75, 3.05) is 40.9 Å². The summed E-state index contributed by atoms with van der Waals surface area (Å²) >= 11 is 0. The van der Waals surface area contributed by atoms with Gasteiger partial charge in [0.05, 0.1) is 39.9 Å². The molecule has 0 aromatic rings. The fourth-order valence-corrected chi connectivity index (χ4v) is 6.81. The van der Waals surface area contributed by atoms with Crippen molar-refractivity contribution in [3.05, 3.63) is 36.5 Å². The molecule has 0 radical (unpaired) electrons. The van der Waals surface area contributed by atoms with Crippen molar-refractivity contribution in [1.29, 1.82) is 0 Å². The Bertz CT molecular complexity index is 964. The lowest BCUT2D eigenvalue weighted by molar-refractivity contribution is -0.870. The van der Waals surface area contributed by atoms with Gasteiger partial charge in [-0.2, -0.15) is 0 Å². The number of phosphoric acid groups is 1. The molecule has 8 nitrogen and oxygen atoms in total. The van der Waals surface area contributed by atoms with Gasteiger partial charge in [0.1, 0.15) is 13.2 Å². The topological polar surface area (TPSA) is 105 Å². The molecule has 53 heavy (non-hydrogen) atoms. The summed E-state index contributed by atoms with van der Waals surface area (Å²) < 4.78 is 23.5. The number of aliphatic hydroxyl groups is 1. The van der Waals surface area contributed by atoms with Crippen LogP contribution in [-0.2, 0) is 18.4 Å². The van der Waals surface area contributed by atoms with Gasteiger partial charge in [-0.05, 0) is 51.4 Å². The van der Waals surface area contributed by atoms with E-state index in [4.69, 9.17) is 9.05 Å². The number of hydrogen-bond donors (Lipinski definition) is 3. The Hall–Kier alpha value is -1.28. The molecule has 3 N–H and O–H groups in total. The van der Waals surface area contributed by atoms with Crippen molar-refractivity contribution in [2.24, 2.45) is 0 Å². The number of amides is 1. The SMILES string of the molecule is CCCCC/C=C/C/C=C/CCCCCCCC(=O)N[C@@H](COP(=O)(O)OCC[N+](C)(C)C)[C@H](O)/C=C/CCCCCCCCCCCCCCCC. The Balaban J connectivity index is 4.48. The van der Waals surface area contributed by atoms with Crippen LogP contribution >= 0.6 is 7.82 Å². The fraction of sp³-hybridized carbons (Fsp3) is 0.841. The number of phosphoric ester groups is 1. The van der Waals surface area contributed by atoms with Crippen molar-refractivity contribution in [3.63, 3.8) is 0 Å². The zero-order valence-corrected chi connectivity index (χ0v) is 36.1. The maximum Gasteiger partial charge on any atom is 0.472 e. The van der Waals surface area contributed by atoms with E-state index in [0.29, 0.717) is 17.4 Å². The summed E-state index contributed by atoms with van der Waals surface area (Å²) in [6.07, 6.45) is 43.4. The van der Waals surface area contributed by atoms with Crippen molar-refractivity contribution in [1.82, 2.24) is 5.32 Å². The van der Waals surface area contributed by atoms with Gasteiger partial charge in [-0.1, -0.05) is 166 Å². The smallest absolute Gasteiger partial charge is 0.387 e. The molecule has 0 aliphatic heterocycles. The summed E-state index contributed by atoms with van der Waals surface area (Å²) in [6, 6.07) is -0.851. The van der Waals surface area contributed by atoms with Gasteiger partial charge in [-0.15, -0.1) is 0 Å². The average molecular weight is 770 g/mol. The number of rotatable bonds is 39. The van der Waals surface area contributed by atoms with Gasteiger partial charge in [0.2, 0.25) is 5.91 Å². The molecule has 0 fully saturated rings. The molecule has 1 amide bonds. The molecule has 0 bridgehead atoms. The monoisotopic (exact) mass is 770 g/mol. The molecule has 0 aromatic carbocycles. The second kappa shape index (κ2) is 36.4. The minimum absolute atomic E-state index is 0.0583. The molecule has 0 aromatic heterocycles. The number of hydrogen-bond acceptors (Lipinski definition) is 5. The number of nitrogens with zero attached hydrogens (tertiary/aromatic N) is 1. The van der Waals surface area contributed by atoms with E-state index in [1.54, 1.807) is 6.08 Å². The summed E-state index contributed by atoms with van der Waals surface area (Å²) in [5, 5.41) is 13.8. The molecule has 9 heteroatoms. The lowest BCUT2D eigenvalue weighted by Crippen LogP contribution is -2.45. The zero-order chi connectivity index (χ0) is 39.3. The summed E-state index contributed by atoms with van der Waals surface area (Å²) in [7, 11) is 1.56. The Morgan fingerprint density at radius 3 is 1.58 bits per heavy atom. The number of nitrogens with one attached hydrogen (secondary N) is 1. The first kappa shape index (κ1) is 51.7. The van der Waals surface area contributed by atoms with Crippen LogP contribution in [0.15, 0.2) is 36.5 Å². The molecule has 1 unspecified atom stereocenters. The molecule has 3 atom stereocenters. The van der Waals surface area contributed by atoms with Crippen LogP contribution in [0.3, 0.4) is 0 Å². The first-order chi connectivity index (χ1) is 25.5. The van der Waals surface area contributed by atoms with Gasteiger partial charge in [-0.3, -0.25) is 13.8 Å². The van der Waals surface area contributed by atoms with E-state index in [1.165, 1.54) is 103 Å². The van der Waals surface area contributed by atoms with Gasteiger partial charge < -0.3 is 19.8 Å². The molecule has 0 saturated carbocycles. The first-order valence-electron chi connectivity index (χ1n) is 21.9. The predicted molar refractivity (Wildman–Crippen MR) is 226 cm³/mol. The number of carbonyl (C=O) groups excluding carboxylic acids is 1. The summed E-state index contributed by atoms with van der Waals surface area (Å²) in [5.41, 5.74) is 0. The van der Waals surface area contributed by atoms with Crippen LogP contribution in [-0.4, -0.2) is 73.4 Å². The molecular formula is C44H86N2O6P+. The average Bonchev–Trinajstić information content (AvgIpc) is 3.10. The second-order valence-corrected chi connectivity index (χ2v) is 17.5. The van der Waals surface area contributed by atoms with Gasteiger partial charge >= 0.3 is 7.82 Å². The van der Waals surface area contributed by atoms with E-state index in [1.807, 2.05) is 27.2 Å². The quantitative estimate of drug-likeness (QED) is 0.0249. The highest BCUT2D eigenvalue weighted by Gasteiger charge is 2.27. The number of carbonyl (C=O) groups is 1. The maximum absolute atomic E-state index is 12.8. The lowest BCUT2D eigenvalue weighted by Gasteiger charge is -2.25. The molecule has 0 aliphatic carbocycles. The highest BCUT2D eigenvalue weighted by Crippen LogP contribution is 2.43. The number of unbranched alkanes of at least 4 members (excludes halogenated alkanes) is 22. The molecule has 0 spiro atoms. The van der Waals surface area contributed by atoms with E-state index >= 15 is 0 Å². The Kier molecular flexibility index (Phi) is 35.5. The second-order valence-electron chi connectivity index (χ2n) is 16.1. The minimum atomic E-state index is -4.34. The molecule has 0 rings (SSSR count). The highest BCUT2D eigenvalue weighted by atomic mass is 31.2. The largest absolute Gasteiger partial charge is 0.472 e. The third-order valence-electron chi connectivity index (χ3n) is 9.60.